The van der Waals surface area contributed by atoms with Crippen molar-refractivity contribution in [2.24, 2.45) is 0 Å². The van der Waals surface area contributed by atoms with E-state index in [1.54, 1.807) is 25.2 Å². The normalized spacial score (nSPS) is 11.6. The van der Waals surface area contributed by atoms with Crippen LogP contribution in [-0.4, -0.2) is 39.1 Å². The third-order valence-corrected chi connectivity index (χ3v) is 4.39. The van der Waals surface area contributed by atoms with Crippen LogP contribution in [0.2, 0.25) is 5.02 Å². The van der Waals surface area contributed by atoms with Crippen molar-refractivity contribution >= 4 is 34.8 Å². The molecule has 144 valence electrons. The van der Waals surface area contributed by atoms with Gasteiger partial charge in [-0.2, -0.15) is 0 Å². The molecule has 0 bridgehead atoms. The fraction of sp³-hybridized carbons (Fsp3) is 0.300. The number of methoxy groups -OCH3 is 1. The molecule has 0 aliphatic heterocycles. The van der Waals surface area contributed by atoms with Crippen molar-refractivity contribution in [1.82, 2.24) is 0 Å². The Labute approximate surface area is 164 Å². The van der Waals surface area contributed by atoms with Gasteiger partial charge in [0.25, 0.3) is 11.8 Å². The van der Waals surface area contributed by atoms with E-state index in [2.05, 4.69) is 10.6 Å². The Hall–Kier alpha value is -2.57. The standard InChI is InChI=1S/C20H24ClN3O3/c1-13-5-7-16(9-14(13)2)22-19(25)11-24(3)12-20(26)23-17-10-15(21)6-8-18(17)27-4/h5-10H,11-12H2,1-4H3,(H,22,25)(H,23,26)/p+1. The van der Waals surface area contributed by atoms with Crippen molar-refractivity contribution in [3.8, 4) is 5.75 Å². The van der Waals surface area contributed by atoms with Gasteiger partial charge in [0, 0.05) is 10.7 Å². The predicted octanol–water partition coefficient (Wildman–Crippen LogP) is 2.06. The Bertz CT molecular complexity index is 839. The monoisotopic (exact) mass is 390 g/mol. The molecule has 2 aromatic carbocycles. The minimum Gasteiger partial charge on any atom is -0.495 e. The molecule has 0 heterocycles. The highest BCUT2D eigenvalue weighted by Crippen LogP contribution is 2.27. The molecule has 0 aliphatic carbocycles. The van der Waals surface area contributed by atoms with E-state index in [4.69, 9.17) is 16.3 Å². The lowest BCUT2D eigenvalue weighted by molar-refractivity contribution is -0.862. The number of likely N-dealkylation sites (N-methyl/N-ethyl adjacent to an activating group) is 1. The summed E-state index contributed by atoms with van der Waals surface area (Å²) >= 11 is 5.96. The summed E-state index contributed by atoms with van der Waals surface area (Å²) in [4.78, 5) is 25.2. The van der Waals surface area contributed by atoms with Crippen molar-refractivity contribution in [1.29, 1.82) is 0 Å². The lowest BCUT2D eigenvalue weighted by Gasteiger charge is -2.15. The third-order valence-electron chi connectivity index (χ3n) is 4.15. The van der Waals surface area contributed by atoms with E-state index in [0.717, 1.165) is 16.2 Å². The van der Waals surface area contributed by atoms with Crippen LogP contribution >= 0.6 is 11.6 Å². The Balaban J connectivity index is 1.88. The molecular formula is C20H25ClN3O3+. The molecule has 2 aromatic rings. The number of amides is 2. The molecule has 2 rings (SSSR count). The molecule has 6 nitrogen and oxygen atoms in total. The summed E-state index contributed by atoms with van der Waals surface area (Å²) in [5.41, 5.74) is 3.54. The van der Waals surface area contributed by atoms with Gasteiger partial charge < -0.3 is 20.3 Å². The number of hydrogen-bond donors (Lipinski definition) is 3. The number of carbonyl (C=O) groups is 2. The molecular weight excluding hydrogens is 366 g/mol. The van der Waals surface area contributed by atoms with Crippen LogP contribution in [0.25, 0.3) is 0 Å². The molecule has 0 fully saturated rings. The molecule has 0 radical (unpaired) electrons. The van der Waals surface area contributed by atoms with E-state index in [1.165, 1.54) is 12.7 Å². The summed E-state index contributed by atoms with van der Waals surface area (Å²) in [6.07, 6.45) is 0. The van der Waals surface area contributed by atoms with Crippen LogP contribution in [0.15, 0.2) is 36.4 Å². The number of hydrogen-bond acceptors (Lipinski definition) is 3. The van der Waals surface area contributed by atoms with Gasteiger partial charge in [-0.05, 0) is 55.3 Å². The molecule has 0 aromatic heterocycles. The van der Waals surface area contributed by atoms with E-state index >= 15 is 0 Å². The predicted molar refractivity (Wildman–Crippen MR) is 108 cm³/mol. The fourth-order valence-electron chi connectivity index (χ4n) is 2.61. The second kappa shape index (κ2) is 9.39. The maximum absolute atomic E-state index is 12.3. The van der Waals surface area contributed by atoms with Crippen molar-refractivity contribution in [3.05, 3.63) is 52.5 Å². The Kier molecular flexibility index (Phi) is 7.21. The number of anilines is 2. The van der Waals surface area contributed by atoms with Crippen molar-refractivity contribution in [2.45, 2.75) is 13.8 Å². The van der Waals surface area contributed by atoms with Crippen LogP contribution in [0.4, 0.5) is 11.4 Å². The van der Waals surface area contributed by atoms with Gasteiger partial charge in [-0.25, -0.2) is 0 Å². The zero-order chi connectivity index (χ0) is 20.0. The van der Waals surface area contributed by atoms with Crippen molar-refractivity contribution in [2.75, 3.05) is 37.9 Å². The first-order valence-electron chi connectivity index (χ1n) is 8.60. The van der Waals surface area contributed by atoms with Gasteiger partial charge in [0.1, 0.15) is 5.75 Å². The van der Waals surface area contributed by atoms with Gasteiger partial charge in [0.15, 0.2) is 13.1 Å². The van der Waals surface area contributed by atoms with Gasteiger partial charge in [0.2, 0.25) is 0 Å². The first-order chi connectivity index (χ1) is 12.8. The van der Waals surface area contributed by atoms with E-state index in [9.17, 15) is 9.59 Å². The van der Waals surface area contributed by atoms with Crippen LogP contribution in [-0.2, 0) is 9.59 Å². The maximum Gasteiger partial charge on any atom is 0.279 e. The molecule has 3 N–H and O–H groups in total. The zero-order valence-corrected chi connectivity index (χ0v) is 16.7. The summed E-state index contributed by atoms with van der Waals surface area (Å²) in [6, 6.07) is 10.8. The molecule has 0 aliphatic rings. The SMILES string of the molecule is COc1ccc(Cl)cc1NC(=O)C[NH+](C)CC(=O)Nc1ccc(C)c(C)c1. The number of rotatable bonds is 7. The molecule has 1 atom stereocenters. The summed E-state index contributed by atoms with van der Waals surface area (Å²) in [5, 5.41) is 6.13. The first-order valence-corrected chi connectivity index (χ1v) is 8.98. The number of carbonyl (C=O) groups excluding carboxylic acids is 2. The van der Waals surface area contributed by atoms with Gasteiger partial charge in [0.05, 0.1) is 19.8 Å². The molecule has 0 spiro atoms. The van der Waals surface area contributed by atoms with Crippen LogP contribution in [0.1, 0.15) is 11.1 Å². The highest BCUT2D eigenvalue weighted by Gasteiger charge is 2.16. The first kappa shape index (κ1) is 20.7. The number of benzene rings is 2. The van der Waals surface area contributed by atoms with E-state index in [0.29, 0.717) is 16.5 Å². The lowest BCUT2D eigenvalue weighted by Crippen LogP contribution is -3.11. The summed E-state index contributed by atoms with van der Waals surface area (Å²) in [7, 11) is 3.31. The van der Waals surface area contributed by atoms with Gasteiger partial charge >= 0.3 is 0 Å². The lowest BCUT2D eigenvalue weighted by atomic mass is 10.1. The quantitative estimate of drug-likeness (QED) is 0.677. The highest BCUT2D eigenvalue weighted by molar-refractivity contribution is 6.31. The topological polar surface area (TPSA) is 71.9 Å². The number of halogens is 1. The van der Waals surface area contributed by atoms with E-state index < -0.39 is 0 Å². The van der Waals surface area contributed by atoms with Crippen molar-refractivity contribution in [3.63, 3.8) is 0 Å². The smallest absolute Gasteiger partial charge is 0.279 e. The average Bonchev–Trinajstić information content (AvgIpc) is 2.58. The van der Waals surface area contributed by atoms with Gasteiger partial charge in [-0.3, -0.25) is 9.59 Å². The number of nitrogens with one attached hydrogen (secondary N) is 3. The molecule has 1 unspecified atom stereocenters. The highest BCUT2D eigenvalue weighted by atomic mass is 35.5. The number of quaternary nitrogens is 1. The van der Waals surface area contributed by atoms with Gasteiger partial charge in [-0.15, -0.1) is 0 Å². The molecule has 7 heteroatoms. The second-order valence-electron chi connectivity index (χ2n) is 6.55. The van der Waals surface area contributed by atoms with Crippen LogP contribution < -0.4 is 20.3 Å². The molecule has 2 amide bonds. The fourth-order valence-corrected chi connectivity index (χ4v) is 2.78. The molecule has 0 saturated carbocycles. The Morgan fingerprint density at radius 1 is 1.00 bits per heavy atom. The Morgan fingerprint density at radius 2 is 1.67 bits per heavy atom. The summed E-state index contributed by atoms with van der Waals surface area (Å²) < 4.78 is 5.21. The zero-order valence-electron chi connectivity index (χ0n) is 16.0. The average molecular weight is 391 g/mol. The summed E-state index contributed by atoms with van der Waals surface area (Å²) in [5.74, 6) is 0.147. The van der Waals surface area contributed by atoms with E-state index in [-0.39, 0.29) is 24.9 Å². The molecule has 0 saturated heterocycles. The Morgan fingerprint density at radius 3 is 2.30 bits per heavy atom. The van der Waals surface area contributed by atoms with Crippen LogP contribution in [0, 0.1) is 13.8 Å². The minimum absolute atomic E-state index is 0.135. The van der Waals surface area contributed by atoms with Crippen LogP contribution in [0.3, 0.4) is 0 Å². The largest absolute Gasteiger partial charge is 0.495 e. The second-order valence-corrected chi connectivity index (χ2v) is 6.99. The molecule has 27 heavy (non-hydrogen) atoms. The summed E-state index contributed by atoms with van der Waals surface area (Å²) in [6.45, 7) is 4.33. The van der Waals surface area contributed by atoms with Gasteiger partial charge in [-0.1, -0.05) is 17.7 Å². The number of ether oxygens (including phenoxy) is 1. The minimum atomic E-state index is -0.230. The van der Waals surface area contributed by atoms with Crippen molar-refractivity contribution < 1.29 is 19.2 Å². The van der Waals surface area contributed by atoms with Crippen LogP contribution in [0.5, 0.6) is 5.75 Å². The number of aryl methyl sites for hydroxylation is 2. The third kappa shape index (κ3) is 6.27. The maximum atomic E-state index is 12.3. The van der Waals surface area contributed by atoms with E-state index in [1.807, 2.05) is 32.0 Å².